The maximum Gasteiger partial charge on any atom is 0.269 e. The number of hydrogen-bond acceptors (Lipinski definition) is 3. The second kappa shape index (κ2) is 3.88. The van der Waals surface area contributed by atoms with Crippen molar-refractivity contribution < 1.29 is 9.66 Å². The van der Waals surface area contributed by atoms with Gasteiger partial charge in [0.2, 0.25) is 0 Å². The Morgan fingerprint density at radius 1 is 1.40 bits per heavy atom. The van der Waals surface area contributed by atoms with Crippen LogP contribution in [0.15, 0.2) is 24.3 Å². The van der Waals surface area contributed by atoms with Crippen LogP contribution in [-0.4, -0.2) is 11.0 Å². The minimum atomic E-state index is -0.409. The number of ether oxygens (including phenoxy) is 1. The van der Waals surface area contributed by atoms with E-state index in [0.29, 0.717) is 11.7 Å². The molecule has 0 amide bonds. The summed E-state index contributed by atoms with van der Waals surface area (Å²) >= 11 is 0. The van der Waals surface area contributed by atoms with Crippen LogP contribution in [0.3, 0.4) is 0 Å². The van der Waals surface area contributed by atoms with Crippen molar-refractivity contribution in [1.29, 1.82) is 0 Å². The number of non-ortho nitro benzene ring substituents is 1. The predicted octanol–water partition coefficient (Wildman–Crippen LogP) is 2.77. The lowest BCUT2D eigenvalue weighted by atomic mass is 10.2. The number of hydrogen-bond donors (Lipinski definition) is 0. The third-order valence-electron chi connectivity index (χ3n) is 2.66. The van der Waals surface area contributed by atoms with E-state index in [2.05, 4.69) is 0 Å². The summed E-state index contributed by atoms with van der Waals surface area (Å²) in [6, 6.07) is 6.23. The maximum atomic E-state index is 10.4. The van der Waals surface area contributed by atoms with Crippen LogP contribution < -0.4 is 4.74 Å². The first-order valence-corrected chi connectivity index (χ1v) is 5.08. The van der Waals surface area contributed by atoms with E-state index in [-0.39, 0.29) is 11.8 Å². The molecular formula is C11H13NO3. The first kappa shape index (κ1) is 9.96. The SMILES string of the molecule is C[C@@H](Oc1ccc([N+](=O)[O-])cc1)C1CC1. The third-order valence-corrected chi connectivity index (χ3v) is 2.66. The van der Waals surface area contributed by atoms with Gasteiger partial charge in [0.05, 0.1) is 11.0 Å². The average molecular weight is 207 g/mol. The molecule has 0 aromatic heterocycles. The second-order valence-electron chi connectivity index (χ2n) is 3.91. The predicted molar refractivity (Wildman–Crippen MR) is 55.9 cm³/mol. The Labute approximate surface area is 88.0 Å². The summed E-state index contributed by atoms with van der Waals surface area (Å²) in [5.74, 6) is 1.38. The molecule has 1 fully saturated rings. The van der Waals surface area contributed by atoms with Gasteiger partial charge in [0.25, 0.3) is 5.69 Å². The summed E-state index contributed by atoms with van der Waals surface area (Å²) in [7, 11) is 0. The fourth-order valence-electron chi connectivity index (χ4n) is 1.52. The van der Waals surface area contributed by atoms with Gasteiger partial charge in [0.1, 0.15) is 5.75 Å². The zero-order valence-corrected chi connectivity index (χ0v) is 8.55. The maximum absolute atomic E-state index is 10.4. The lowest BCUT2D eigenvalue weighted by Gasteiger charge is -2.13. The van der Waals surface area contributed by atoms with Crippen molar-refractivity contribution in [3.8, 4) is 5.75 Å². The zero-order chi connectivity index (χ0) is 10.8. The highest BCUT2D eigenvalue weighted by molar-refractivity contribution is 5.36. The molecule has 0 bridgehead atoms. The molecule has 0 aliphatic heterocycles. The zero-order valence-electron chi connectivity index (χ0n) is 8.55. The molecule has 80 valence electrons. The number of nitro benzene ring substituents is 1. The lowest BCUT2D eigenvalue weighted by Crippen LogP contribution is -2.13. The van der Waals surface area contributed by atoms with E-state index in [9.17, 15) is 10.1 Å². The van der Waals surface area contributed by atoms with Crippen molar-refractivity contribution in [3.05, 3.63) is 34.4 Å². The van der Waals surface area contributed by atoms with Crippen molar-refractivity contribution >= 4 is 5.69 Å². The molecular weight excluding hydrogens is 194 g/mol. The molecule has 1 aliphatic carbocycles. The van der Waals surface area contributed by atoms with E-state index in [1.165, 1.54) is 25.0 Å². The van der Waals surface area contributed by atoms with Crippen LogP contribution in [0, 0.1) is 16.0 Å². The van der Waals surface area contributed by atoms with Crippen molar-refractivity contribution in [2.45, 2.75) is 25.9 Å². The fraction of sp³-hybridized carbons (Fsp3) is 0.455. The van der Waals surface area contributed by atoms with Gasteiger partial charge in [0, 0.05) is 12.1 Å². The topological polar surface area (TPSA) is 52.4 Å². The van der Waals surface area contributed by atoms with Gasteiger partial charge in [-0.05, 0) is 37.8 Å². The molecule has 1 atom stereocenters. The second-order valence-corrected chi connectivity index (χ2v) is 3.91. The van der Waals surface area contributed by atoms with E-state index in [1.807, 2.05) is 6.92 Å². The molecule has 0 spiro atoms. The van der Waals surface area contributed by atoms with Gasteiger partial charge in [-0.25, -0.2) is 0 Å². The normalized spacial score (nSPS) is 17.1. The quantitative estimate of drug-likeness (QED) is 0.563. The van der Waals surface area contributed by atoms with Crippen molar-refractivity contribution in [3.63, 3.8) is 0 Å². The van der Waals surface area contributed by atoms with E-state index in [1.54, 1.807) is 12.1 Å². The number of nitro groups is 1. The van der Waals surface area contributed by atoms with Gasteiger partial charge in [-0.1, -0.05) is 0 Å². The van der Waals surface area contributed by atoms with Crippen LogP contribution in [0.4, 0.5) is 5.69 Å². The summed E-state index contributed by atoms with van der Waals surface area (Å²) < 4.78 is 5.65. The fourth-order valence-corrected chi connectivity index (χ4v) is 1.52. The Kier molecular flexibility index (Phi) is 2.58. The molecule has 0 heterocycles. The Hall–Kier alpha value is -1.58. The molecule has 0 N–H and O–H groups in total. The van der Waals surface area contributed by atoms with Gasteiger partial charge < -0.3 is 4.74 Å². The third kappa shape index (κ3) is 2.46. The molecule has 1 aliphatic rings. The van der Waals surface area contributed by atoms with Crippen LogP contribution in [-0.2, 0) is 0 Å². The molecule has 2 rings (SSSR count). The largest absolute Gasteiger partial charge is 0.490 e. The van der Waals surface area contributed by atoms with Gasteiger partial charge in [0.15, 0.2) is 0 Å². The van der Waals surface area contributed by atoms with Crippen LogP contribution >= 0.6 is 0 Å². The Morgan fingerprint density at radius 2 is 2.00 bits per heavy atom. The van der Waals surface area contributed by atoms with E-state index < -0.39 is 4.92 Å². The lowest BCUT2D eigenvalue weighted by molar-refractivity contribution is -0.384. The molecule has 0 radical (unpaired) electrons. The Bertz CT molecular complexity index is 357. The number of nitrogens with zero attached hydrogens (tertiary/aromatic N) is 1. The molecule has 1 aromatic rings. The average Bonchev–Trinajstić information content (AvgIpc) is 3.01. The summed E-state index contributed by atoms with van der Waals surface area (Å²) in [4.78, 5) is 10.0. The summed E-state index contributed by atoms with van der Waals surface area (Å²) in [6.07, 6.45) is 2.67. The van der Waals surface area contributed by atoms with Gasteiger partial charge in [-0.2, -0.15) is 0 Å². The monoisotopic (exact) mass is 207 g/mol. The molecule has 4 heteroatoms. The van der Waals surface area contributed by atoms with E-state index in [0.717, 1.165) is 0 Å². The molecule has 0 saturated heterocycles. The van der Waals surface area contributed by atoms with Crippen LogP contribution in [0.2, 0.25) is 0 Å². The molecule has 15 heavy (non-hydrogen) atoms. The Morgan fingerprint density at radius 3 is 2.47 bits per heavy atom. The first-order valence-electron chi connectivity index (χ1n) is 5.08. The van der Waals surface area contributed by atoms with Crippen LogP contribution in [0.1, 0.15) is 19.8 Å². The summed E-state index contributed by atoms with van der Waals surface area (Å²) in [5.41, 5.74) is 0.0985. The van der Waals surface area contributed by atoms with Gasteiger partial charge >= 0.3 is 0 Å². The number of benzene rings is 1. The van der Waals surface area contributed by atoms with Crippen molar-refractivity contribution in [2.24, 2.45) is 5.92 Å². The summed E-state index contributed by atoms with van der Waals surface area (Å²) in [6.45, 7) is 2.04. The highest BCUT2D eigenvalue weighted by Crippen LogP contribution is 2.34. The molecule has 1 saturated carbocycles. The van der Waals surface area contributed by atoms with Crippen LogP contribution in [0.5, 0.6) is 5.75 Å². The summed E-state index contributed by atoms with van der Waals surface area (Å²) in [5, 5.41) is 10.4. The van der Waals surface area contributed by atoms with Crippen LogP contribution in [0.25, 0.3) is 0 Å². The van der Waals surface area contributed by atoms with Crippen molar-refractivity contribution in [1.82, 2.24) is 0 Å². The highest BCUT2D eigenvalue weighted by Gasteiger charge is 2.29. The van der Waals surface area contributed by atoms with Gasteiger partial charge in [-0.15, -0.1) is 0 Å². The van der Waals surface area contributed by atoms with Crippen molar-refractivity contribution in [2.75, 3.05) is 0 Å². The highest BCUT2D eigenvalue weighted by atomic mass is 16.6. The molecule has 4 nitrogen and oxygen atoms in total. The van der Waals surface area contributed by atoms with E-state index >= 15 is 0 Å². The minimum absolute atomic E-state index is 0.0985. The first-order chi connectivity index (χ1) is 7.16. The standard InChI is InChI=1S/C11H13NO3/c1-8(9-2-3-9)15-11-6-4-10(5-7-11)12(13)14/h4-9H,2-3H2,1H3/t8-/m1/s1. The molecule has 0 unspecified atom stereocenters. The van der Waals surface area contributed by atoms with Gasteiger partial charge in [-0.3, -0.25) is 10.1 Å². The van der Waals surface area contributed by atoms with E-state index in [4.69, 9.17) is 4.74 Å². The smallest absolute Gasteiger partial charge is 0.269 e. The number of rotatable bonds is 4. The molecule has 1 aromatic carbocycles. The Balaban J connectivity index is 1.99. The minimum Gasteiger partial charge on any atom is -0.490 e.